The molecule has 23 heavy (non-hydrogen) atoms. The Labute approximate surface area is 136 Å². The van der Waals surface area contributed by atoms with Crippen LogP contribution in [0.15, 0.2) is 36.8 Å². The van der Waals surface area contributed by atoms with Crippen molar-refractivity contribution < 1.29 is 4.79 Å². The third-order valence-electron chi connectivity index (χ3n) is 4.44. The summed E-state index contributed by atoms with van der Waals surface area (Å²) in [4.78, 5) is 18.8. The first-order valence-corrected chi connectivity index (χ1v) is 8.04. The highest BCUT2D eigenvalue weighted by Crippen LogP contribution is 2.24. The van der Waals surface area contributed by atoms with Crippen molar-refractivity contribution >= 4 is 11.7 Å². The highest BCUT2D eigenvalue weighted by Gasteiger charge is 2.24. The van der Waals surface area contributed by atoms with E-state index in [2.05, 4.69) is 10.3 Å². The van der Waals surface area contributed by atoms with Crippen LogP contribution in [0.25, 0.3) is 11.3 Å². The molecule has 0 saturated heterocycles. The number of hydrogen-bond donors (Lipinski definition) is 2. The number of carbonyl (C=O) groups is 1. The van der Waals surface area contributed by atoms with Gasteiger partial charge in [-0.15, -0.1) is 0 Å². The SMILES string of the molecule is CN(C(=O)n1cnc(-c2cccc(NCN)c2)c1)C1CCCC1. The lowest BCUT2D eigenvalue weighted by molar-refractivity contribution is 0.192. The van der Waals surface area contributed by atoms with Crippen LogP contribution >= 0.6 is 0 Å². The normalized spacial score (nSPS) is 14.9. The van der Waals surface area contributed by atoms with E-state index in [1.807, 2.05) is 36.2 Å². The minimum Gasteiger partial charge on any atom is -0.373 e. The Bertz CT molecular complexity index is 675. The van der Waals surface area contributed by atoms with E-state index >= 15 is 0 Å². The fraction of sp³-hybridized carbons (Fsp3) is 0.412. The number of nitrogens with two attached hydrogens (primary N) is 1. The Morgan fingerprint density at radius 3 is 2.96 bits per heavy atom. The Balaban J connectivity index is 1.77. The number of nitrogens with one attached hydrogen (secondary N) is 1. The zero-order valence-corrected chi connectivity index (χ0v) is 13.4. The summed E-state index contributed by atoms with van der Waals surface area (Å²) in [5.41, 5.74) is 8.18. The number of nitrogens with zero attached hydrogens (tertiary/aromatic N) is 3. The van der Waals surface area contributed by atoms with Gasteiger partial charge in [0, 0.05) is 30.5 Å². The number of carbonyl (C=O) groups excluding carboxylic acids is 1. The molecule has 1 amide bonds. The molecule has 1 fully saturated rings. The van der Waals surface area contributed by atoms with Crippen molar-refractivity contribution in [2.45, 2.75) is 31.7 Å². The third kappa shape index (κ3) is 3.37. The van der Waals surface area contributed by atoms with E-state index in [-0.39, 0.29) is 6.03 Å². The predicted molar refractivity (Wildman–Crippen MR) is 91.2 cm³/mol. The van der Waals surface area contributed by atoms with Crippen LogP contribution in [0.1, 0.15) is 25.7 Å². The Kier molecular flexibility index (Phi) is 4.62. The Morgan fingerprint density at radius 2 is 2.22 bits per heavy atom. The molecule has 1 heterocycles. The first-order chi connectivity index (χ1) is 11.2. The average molecular weight is 313 g/mol. The van der Waals surface area contributed by atoms with Crippen molar-refractivity contribution in [3.63, 3.8) is 0 Å². The molecule has 6 nitrogen and oxygen atoms in total. The fourth-order valence-electron chi connectivity index (χ4n) is 3.11. The van der Waals surface area contributed by atoms with Crippen LogP contribution in [-0.4, -0.2) is 40.2 Å². The molecule has 122 valence electrons. The van der Waals surface area contributed by atoms with E-state index in [1.54, 1.807) is 17.1 Å². The zero-order valence-electron chi connectivity index (χ0n) is 13.4. The minimum atomic E-state index is -0.0214. The zero-order chi connectivity index (χ0) is 16.2. The van der Waals surface area contributed by atoms with E-state index in [4.69, 9.17) is 5.73 Å². The summed E-state index contributed by atoms with van der Waals surface area (Å²) in [6.45, 7) is 0.378. The van der Waals surface area contributed by atoms with Gasteiger partial charge in [0.25, 0.3) is 0 Å². The van der Waals surface area contributed by atoms with E-state index < -0.39 is 0 Å². The minimum absolute atomic E-state index is 0.0214. The quantitative estimate of drug-likeness (QED) is 0.851. The molecule has 0 bridgehead atoms. The van der Waals surface area contributed by atoms with E-state index in [9.17, 15) is 4.79 Å². The summed E-state index contributed by atoms with van der Waals surface area (Å²) in [6, 6.07) is 8.17. The van der Waals surface area contributed by atoms with Gasteiger partial charge in [-0.1, -0.05) is 25.0 Å². The Morgan fingerprint density at radius 1 is 1.43 bits per heavy atom. The number of benzene rings is 1. The molecule has 0 aliphatic heterocycles. The molecule has 1 aromatic heterocycles. The van der Waals surface area contributed by atoms with Gasteiger partial charge >= 0.3 is 6.03 Å². The van der Waals surface area contributed by atoms with Crippen LogP contribution < -0.4 is 11.1 Å². The molecular weight excluding hydrogens is 290 g/mol. The van der Waals surface area contributed by atoms with Crippen LogP contribution in [0, 0.1) is 0 Å². The highest BCUT2D eigenvalue weighted by molar-refractivity contribution is 5.78. The van der Waals surface area contributed by atoms with Crippen molar-refractivity contribution in [1.82, 2.24) is 14.5 Å². The van der Waals surface area contributed by atoms with Gasteiger partial charge in [0.2, 0.25) is 0 Å². The fourth-order valence-corrected chi connectivity index (χ4v) is 3.11. The molecule has 3 N–H and O–H groups in total. The lowest BCUT2D eigenvalue weighted by atomic mass is 10.1. The van der Waals surface area contributed by atoms with Crippen molar-refractivity contribution in [3.05, 3.63) is 36.8 Å². The summed E-state index contributed by atoms with van der Waals surface area (Å²) in [5, 5.41) is 3.07. The molecule has 6 heteroatoms. The lowest BCUT2D eigenvalue weighted by Gasteiger charge is -2.23. The van der Waals surface area contributed by atoms with Crippen molar-refractivity contribution in [2.24, 2.45) is 5.73 Å². The number of rotatable bonds is 4. The van der Waals surface area contributed by atoms with Gasteiger partial charge in [-0.2, -0.15) is 0 Å². The third-order valence-corrected chi connectivity index (χ3v) is 4.44. The van der Waals surface area contributed by atoms with Gasteiger partial charge in [-0.05, 0) is 25.0 Å². The molecule has 1 saturated carbocycles. The maximum absolute atomic E-state index is 12.6. The van der Waals surface area contributed by atoms with E-state index in [0.717, 1.165) is 29.8 Å². The summed E-state index contributed by atoms with van der Waals surface area (Å²) in [5.74, 6) is 0. The molecule has 0 radical (unpaired) electrons. The van der Waals surface area contributed by atoms with Crippen molar-refractivity contribution in [2.75, 3.05) is 19.0 Å². The summed E-state index contributed by atoms with van der Waals surface area (Å²) in [6.07, 6.45) is 7.98. The number of anilines is 1. The molecule has 1 aliphatic rings. The number of imidazole rings is 1. The molecule has 0 unspecified atom stereocenters. The molecule has 1 aromatic carbocycles. The average Bonchev–Trinajstić information content (AvgIpc) is 3.26. The van der Waals surface area contributed by atoms with Gasteiger partial charge in [-0.3, -0.25) is 4.57 Å². The predicted octanol–water partition coefficient (Wildman–Crippen LogP) is 2.72. The standard InChI is InChI=1S/C17H23N5O/c1-21(15-7-2-3-8-15)17(23)22-10-16(20-12-22)13-5-4-6-14(9-13)19-11-18/h4-6,9-10,12,15,19H,2-3,7-8,11,18H2,1H3. The smallest absolute Gasteiger partial charge is 0.329 e. The van der Waals surface area contributed by atoms with Gasteiger partial charge in [0.05, 0.1) is 12.4 Å². The topological polar surface area (TPSA) is 76.2 Å². The molecule has 0 spiro atoms. The van der Waals surface area contributed by atoms with Crippen molar-refractivity contribution in [1.29, 1.82) is 0 Å². The molecule has 3 rings (SSSR count). The summed E-state index contributed by atoms with van der Waals surface area (Å²) < 4.78 is 1.57. The largest absolute Gasteiger partial charge is 0.373 e. The van der Waals surface area contributed by atoms with Gasteiger partial charge in [0.15, 0.2) is 0 Å². The first kappa shape index (κ1) is 15.6. The lowest BCUT2D eigenvalue weighted by Crippen LogP contribution is -2.37. The van der Waals surface area contributed by atoms with E-state index in [1.165, 1.54) is 12.8 Å². The second kappa shape index (κ2) is 6.83. The number of aromatic nitrogens is 2. The van der Waals surface area contributed by atoms with Crippen LogP contribution in [0.3, 0.4) is 0 Å². The maximum atomic E-state index is 12.6. The van der Waals surface area contributed by atoms with Crippen LogP contribution in [0.5, 0.6) is 0 Å². The van der Waals surface area contributed by atoms with Crippen molar-refractivity contribution in [3.8, 4) is 11.3 Å². The number of hydrogen-bond acceptors (Lipinski definition) is 4. The maximum Gasteiger partial charge on any atom is 0.329 e. The van der Waals surface area contributed by atoms with Gasteiger partial charge < -0.3 is 16.0 Å². The summed E-state index contributed by atoms with van der Waals surface area (Å²) >= 11 is 0. The molecule has 2 aromatic rings. The molecular formula is C17H23N5O. The second-order valence-corrected chi connectivity index (χ2v) is 5.96. The molecule has 0 atom stereocenters. The van der Waals surface area contributed by atoms with Crippen LogP contribution in [0.2, 0.25) is 0 Å². The second-order valence-electron chi connectivity index (χ2n) is 5.96. The number of amides is 1. The van der Waals surface area contributed by atoms with Crippen LogP contribution in [0.4, 0.5) is 10.5 Å². The summed E-state index contributed by atoms with van der Waals surface area (Å²) in [7, 11) is 1.88. The van der Waals surface area contributed by atoms with Gasteiger partial charge in [0.1, 0.15) is 6.33 Å². The van der Waals surface area contributed by atoms with E-state index in [0.29, 0.717) is 12.7 Å². The Hall–Kier alpha value is -2.34. The first-order valence-electron chi connectivity index (χ1n) is 8.04. The molecule has 1 aliphatic carbocycles. The highest BCUT2D eigenvalue weighted by atomic mass is 16.2. The van der Waals surface area contributed by atoms with Crippen LogP contribution in [-0.2, 0) is 0 Å². The monoisotopic (exact) mass is 313 g/mol. The van der Waals surface area contributed by atoms with Gasteiger partial charge in [-0.25, -0.2) is 9.78 Å².